The molecular weight excluding hydrogens is 348 g/mol. The summed E-state index contributed by atoms with van der Waals surface area (Å²) in [7, 11) is 3.41. The Morgan fingerprint density at radius 1 is 1.30 bits per heavy atom. The first-order chi connectivity index (χ1) is 13.1. The average Bonchev–Trinajstić information content (AvgIpc) is 3.22. The number of carbonyl (C=O) groups excluding carboxylic acids is 2. The Labute approximate surface area is 157 Å². The fourth-order valence-electron chi connectivity index (χ4n) is 3.90. The van der Waals surface area contributed by atoms with E-state index in [-0.39, 0.29) is 36.0 Å². The monoisotopic (exact) mass is 370 g/mol. The van der Waals surface area contributed by atoms with Gasteiger partial charge in [0.25, 0.3) is 5.91 Å². The molecule has 3 heterocycles. The highest BCUT2D eigenvalue weighted by Crippen LogP contribution is 2.42. The van der Waals surface area contributed by atoms with E-state index in [1.54, 1.807) is 36.1 Å². The quantitative estimate of drug-likeness (QED) is 0.811. The number of ether oxygens (including phenoxy) is 2. The number of fused-ring (bicyclic) bond motifs is 3. The van der Waals surface area contributed by atoms with Crippen LogP contribution in [0.5, 0.6) is 11.5 Å². The summed E-state index contributed by atoms with van der Waals surface area (Å²) in [6.07, 6.45) is 1.76. The molecule has 142 valence electrons. The second-order valence-electron chi connectivity index (χ2n) is 6.92. The molecule has 0 aliphatic carbocycles. The SMILES string of the molecule is COc1ccc2c(c1)OC[C@@H]1CN(C)C(=O)CCN(C(=O)c3ccco3)[C@H]21. The highest BCUT2D eigenvalue weighted by Gasteiger charge is 2.41. The van der Waals surface area contributed by atoms with Gasteiger partial charge in [0.05, 0.1) is 26.0 Å². The van der Waals surface area contributed by atoms with Crippen LogP contribution < -0.4 is 9.47 Å². The van der Waals surface area contributed by atoms with Crippen molar-refractivity contribution in [2.75, 3.05) is 33.9 Å². The van der Waals surface area contributed by atoms with E-state index in [1.807, 2.05) is 18.2 Å². The summed E-state index contributed by atoms with van der Waals surface area (Å²) in [4.78, 5) is 29.0. The first kappa shape index (κ1) is 17.5. The molecular formula is C20H22N2O5. The van der Waals surface area contributed by atoms with E-state index in [2.05, 4.69) is 0 Å². The molecule has 1 aromatic carbocycles. The minimum atomic E-state index is -0.212. The molecule has 1 saturated heterocycles. The number of hydrogen-bond acceptors (Lipinski definition) is 5. The maximum Gasteiger partial charge on any atom is 0.290 e. The molecule has 2 aromatic rings. The lowest BCUT2D eigenvalue weighted by atomic mass is 9.87. The fraction of sp³-hybridized carbons (Fsp3) is 0.400. The summed E-state index contributed by atoms with van der Waals surface area (Å²) in [5, 5.41) is 0. The van der Waals surface area contributed by atoms with Crippen LogP contribution in [0.1, 0.15) is 28.6 Å². The first-order valence-corrected chi connectivity index (χ1v) is 8.97. The average molecular weight is 370 g/mol. The van der Waals surface area contributed by atoms with Gasteiger partial charge in [0, 0.05) is 44.1 Å². The number of methoxy groups -OCH3 is 1. The number of amides is 2. The Balaban J connectivity index is 1.77. The maximum atomic E-state index is 13.1. The van der Waals surface area contributed by atoms with Gasteiger partial charge in [0.1, 0.15) is 11.5 Å². The van der Waals surface area contributed by atoms with Gasteiger partial charge >= 0.3 is 0 Å². The molecule has 7 nitrogen and oxygen atoms in total. The number of rotatable bonds is 2. The lowest BCUT2D eigenvalue weighted by Crippen LogP contribution is -2.50. The molecule has 0 bridgehead atoms. The molecule has 0 radical (unpaired) electrons. The minimum Gasteiger partial charge on any atom is -0.497 e. The highest BCUT2D eigenvalue weighted by atomic mass is 16.5. The predicted molar refractivity (Wildman–Crippen MR) is 96.7 cm³/mol. The standard InChI is InChI=1S/C20H22N2O5/c1-21-11-13-12-27-17-10-14(25-2)5-6-15(17)19(13)22(8-7-18(21)23)20(24)16-4-3-9-26-16/h3-6,9-10,13,19H,7-8,11-12H2,1-2H3/t13-,19-/m0/s1. The van der Waals surface area contributed by atoms with Crippen molar-refractivity contribution in [2.45, 2.75) is 12.5 Å². The van der Waals surface area contributed by atoms with Gasteiger partial charge in [-0.15, -0.1) is 0 Å². The summed E-state index contributed by atoms with van der Waals surface area (Å²) in [6.45, 7) is 1.27. The summed E-state index contributed by atoms with van der Waals surface area (Å²) in [5.74, 6) is 1.47. The largest absolute Gasteiger partial charge is 0.497 e. The molecule has 4 rings (SSSR count). The van der Waals surface area contributed by atoms with Crippen molar-refractivity contribution in [3.05, 3.63) is 47.9 Å². The smallest absolute Gasteiger partial charge is 0.290 e. The van der Waals surface area contributed by atoms with Crippen molar-refractivity contribution in [3.63, 3.8) is 0 Å². The molecule has 0 saturated carbocycles. The maximum absolute atomic E-state index is 13.1. The Morgan fingerprint density at radius 2 is 2.15 bits per heavy atom. The van der Waals surface area contributed by atoms with E-state index >= 15 is 0 Å². The first-order valence-electron chi connectivity index (χ1n) is 8.97. The molecule has 2 aliphatic heterocycles. The third-order valence-corrected chi connectivity index (χ3v) is 5.27. The van der Waals surface area contributed by atoms with Crippen LogP contribution in [0.2, 0.25) is 0 Å². The summed E-state index contributed by atoms with van der Waals surface area (Å²) >= 11 is 0. The molecule has 7 heteroatoms. The van der Waals surface area contributed by atoms with Crippen molar-refractivity contribution >= 4 is 11.8 Å². The zero-order valence-corrected chi connectivity index (χ0v) is 15.4. The molecule has 2 aliphatic rings. The number of hydrogen-bond donors (Lipinski definition) is 0. The van der Waals surface area contributed by atoms with Crippen LogP contribution in [0.3, 0.4) is 0 Å². The van der Waals surface area contributed by atoms with Gasteiger partial charge in [-0.05, 0) is 24.3 Å². The third-order valence-electron chi connectivity index (χ3n) is 5.27. The lowest BCUT2D eigenvalue weighted by Gasteiger charge is -2.43. The van der Waals surface area contributed by atoms with Gasteiger partial charge < -0.3 is 23.7 Å². The van der Waals surface area contributed by atoms with E-state index in [0.717, 1.165) is 5.56 Å². The van der Waals surface area contributed by atoms with Crippen LogP contribution in [0.4, 0.5) is 0 Å². The van der Waals surface area contributed by atoms with Gasteiger partial charge in [-0.2, -0.15) is 0 Å². The number of nitrogens with zero attached hydrogens (tertiary/aromatic N) is 2. The van der Waals surface area contributed by atoms with E-state index in [4.69, 9.17) is 13.9 Å². The molecule has 0 N–H and O–H groups in total. The minimum absolute atomic E-state index is 0.0197. The number of furan rings is 1. The normalized spacial score (nSPS) is 22.2. The van der Waals surface area contributed by atoms with Crippen molar-refractivity contribution in [2.24, 2.45) is 5.92 Å². The van der Waals surface area contributed by atoms with Gasteiger partial charge in [-0.1, -0.05) is 0 Å². The van der Waals surface area contributed by atoms with E-state index < -0.39 is 0 Å². The summed E-state index contributed by atoms with van der Waals surface area (Å²) in [5.41, 5.74) is 0.926. The second-order valence-corrected chi connectivity index (χ2v) is 6.92. The molecule has 1 fully saturated rings. The zero-order valence-electron chi connectivity index (χ0n) is 15.4. The van der Waals surface area contributed by atoms with Gasteiger partial charge in [-0.25, -0.2) is 0 Å². The molecule has 0 spiro atoms. The van der Waals surface area contributed by atoms with Crippen molar-refractivity contribution in [1.29, 1.82) is 0 Å². The van der Waals surface area contributed by atoms with Gasteiger partial charge in [-0.3, -0.25) is 9.59 Å². The third kappa shape index (κ3) is 3.13. The van der Waals surface area contributed by atoms with Crippen molar-refractivity contribution in [3.8, 4) is 11.5 Å². The second kappa shape index (κ2) is 6.98. The highest BCUT2D eigenvalue weighted by molar-refractivity contribution is 5.92. The summed E-state index contributed by atoms with van der Waals surface area (Å²) in [6, 6.07) is 8.79. The Hall–Kier alpha value is -2.96. The van der Waals surface area contributed by atoms with E-state index in [1.165, 1.54) is 6.26 Å². The van der Waals surface area contributed by atoms with Gasteiger partial charge in [0.15, 0.2) is 5.76 Å². The summed E-state index contributed by atoms with van der Waals surface area (Å²) < 4.78 is 16.6. The van der Waals surface area contributed by atoms with Crippen LogP contribution in [-0.2, 0) is 4.79 Å². The van der Waals surface area contributed by atoms with E-state index in [9.17, 15) is 9.59 Å². The zero-order chi connectivity index (χ0) is 19.0. The van der Waals surface area contributed by atoms with Crippen LogP contribution in [-0.4, -0.2) is 55.5 Å². The van der Waals surface area contributed by atoms with Crippen LogP contribution >= 0.6 is 0 Å². The Kier molecular flexibility index (Phi) is 4.51. The van der Waals surface area contributed by atoms with Crippen LogP contribution in [0.25, 0.3) is 0 Å². The molecule has 2 amide bonds. The number of benzene rings is 1. The molecule has 0 unspecified atom stereocenters. The fourth-order valence-corrected chi connectivity index (χ4v) is 3.90. The van der Waals surface area contributed by atoms with Gasteiger partial charge in [0.2, 0.25) is 5.91 Å². The number of carbonyl (C=O) groups is 2. The van der Waals surface area contributed by atoms with E-state index in [0.29, 0.717) is 31.2 Å². The van der Waals surface area contributed by atoms with Crippen molar-refractivity contribution in [1.82, 2.24) is 9.80 Å². The topological polar surface area (TPSA) is 72.2 Å². The molecule has 2 atom stereocenters. The van der Waals surface area contributed by atoms with Crippen LogP contribution in [0.15, 0.2) is 41.0 Å². The van der Waals surface area contributed by atoms with Crippen LogP contribution in [0, 0.1) is 5.92 Å². The van der Waals surface area contributed by atoms with Crippen molar-refractivity contribution < 1.29 is 23.5 Å². The lowest BCUT2D eigenvalue weighted by molar-refractivity contribution is -0.132. The molecule has 27 heavy (non-hydrogen) atoms. The molecule has 1 aromatic heterocycles. The predicted octanol–water partition coefficient (Wildman–Crippen LogP) is 2.34. The Bertz CT molecular complexity index is 848. The Morgan fingerprint density at radius 3 is 2.89 bits per heavy atom.